The average molecular weight is 250 g/mol. The third-order valence-electron chi connectivity index (χ3n) is 3.05. The maximum Gasteiger partial charge on any atom is 0.315 e. The van der Waals surface area contributed by atoms with Crippen molar-refractivity contribution in [3.8, 4) is 0 Å². The number of aliphatic hydroxyl groups excluding tert-OH is 1. The van der Waals surface area contributed by atoms with Crippen molar-refractivity contribution in [3.63, 3.8) is 0 Å². The highest BCUT2D eigenvalue weighted by atomic mass is 16.3. The fourth-order valence-electron chi connectivity index (χ4n) is 1.71. The smallest absolute Gasteiger partial charge is 0.315 e. The lowest BCUT2D eigenvalue weighted by atomic mass is 9.95. The van der Waals surface area contributed by atoms with Crippen molar-refractivity contribution < 1.29 is 9.90 Å². The number of hydrogen-bond donors (Lipinski definition) is 3. The number of hydrogen-bond acceptors (Lipinski definition) is 2. The number of carbonyl (C=O) groups is 1. The molecule has 1 aromatic carbocycles. The third-order valence-corrected chi connectivity index (χ3v) is 3.05. The molecule has 100 valence electrons. The first kappa shape index (κ1) is 14.5. The van der Waals surface area contributed by atoms with Crippen LogP contribution in [0.2, 0.25) is 0 Å². The second-order valence-corrected chi connectivity index (χ2v) is 4.47. The quantitative estimate of drug-likeness (QED) is 0.675. The molecule has 4 heteroatoms. The molecule has 0 radical (unpaired) electrons. The second-order valence-electron chi connectivity index (χ2n) is 4.47. The minimum absolute atomic E-state index is 0.0570. The van der Waals surface area contributed by atoms with Crippen molar-refractivity contribution in [1.29, 1.82) is 0 Å². The zero-order valence-electron chi connectivity index (χ0n) is 11.0. The molecular weight excluding hydrogens is 228 g/mol. The molecule has 0 saturated carbocycles. The van der Waals surface area contributed by atoms with Crippen LogP contribution in [0.15, 0.2) is 30.3 Å². The highest BCUT2D eigenvalue weighted by Crippen LogP contribution is 2.18. The van der Waals surface area contributed by atoms with Gasteiger partial charge >= 0.3 is 6.03 Å². The summed E-state index contributed by atoms with van der Waals surface area (Å²) in [6.45, 7) is 4.67. The Morgan fingerprint density at radius 3 is 2.56 bits per heavy atom. The van der Waals surface area contributed by atoms with Gasteiger partial charge in [0.05, 0.1) is 0 Å². The lowest BCUT2D eigenvalue weighted by molar-refractivity contribution is 0.233. The van der Waals surface area contributed by atoms with Crippen LogP contribution in [-0.4, -0.2) is 30.3 Å². The molecule has 1 aromatic rings. The standard InChI is InChI=1S/C14H22N2O2/c1-11(13-7-4-3-5-8-13)12(2)16-14(18)15-9-6-10-17/h3-5,7-8,11-12,17H,6,9-10H2,1-2H3,(H2,15,16,18). The molecule has 2 atom stereocenters. The van der Waals surface area contributed by atoms with E-state index in [-0.39, 0.29) is 24.6 Å². The molecule has 0 aromatic heterocycles. The number of rotatable bonds is 6. The molecule has 0 aliphatic rings. The summed E-state index contributed by atoms with van der Waals surface area (Å²) >= 11 is 0. The number of aliphatic hydroxyl groups is 1. The van der Waals surface area contributed by atoms with Crippen LogP contribution in [-0.2, 0) is 0 Å². The Kier molecular flexibility index (Phi) is 6.22. The fourth-order valence-corrected chi connectivity index (χ4v) is 1.71. The second kappa shape index (κ2) is 7.71. The van der Waals surface area contributed by atoms with Gasteiger partial charge in [-0.1, -0.05) is 37.3 Å². The Bertz CT molecular complexity index is 354. The summed E-state index contributed by atoms with van der Waals surface area (Å²) in [6.07, 6.45) is 0.579. The van der Waals surface area contributed by atoms with Gasteiger partial charge in [-0.15, -0.1) is 0 Å². The molecule has 3 N–H and O–H groups in total. The molecular formula is C14H22N2O2. The van der Waals surface area contributed by atoms with Crippen LogP contribution < -0.4 is 10.6 Å². The van der Waals surface area contributed by atoms with Gasteiger partial charge in [0.15, 0.2) is 0 Å². The van der Waals surface area contributed by atoms with Gasteiger partial charge in [0.2, 0.25) is 0 Å². The summed E-state index contributed by atoms with van der Waals surface area (Å²) in [7, 11) is 0. The lowest BCUT2D eigenvalue weighted by Gasteiger charge is -2.21. The van der Waals surface area contributed by atoms with Crippen molar-refractivity contribution >= 4 is 6.03 Å². The number of amides is 2. The van der Waals surface area contributed by atoms with Crippen molar-refractivity contribution in [3.05, 3.63) is 35.9 Å². The molecule has 0 spiro atoms. The van der Waals surface area contributed by atoms with Crippen molar-refractivity contribution in [2.75, 3.05) is 13.2 Å². The highest BCUT2D eigenvalue weighted by Gasteiger charge is 2.15. The van der Waals surface area contributed by atoms with Gasteiger partial charge in [-0.25, -0.2) is 4.79 Å². The van der Waals surface area contributed by atoms with Gasteiger partial charge in [0.25, 0.3) is 0 Å². The summed E-state index contributed by atoms with van der Waals surface area (Å²) in [6, 6.07) is 9.98. The van der Waals surface area contributed by atoms with Crippen molar-refractivity contribution in [2.24, 2.45) is 0 Å². The Labute approximate surface area is 108 Å². The van der Waals surface area contributed by atoms with E-state index in [1.54, 1.807) is 0 Å². The van der Waals surface area contributed by atoms with Crippen molar-refractivity contribution in [1.82, 2.24) is 10.6 Å². The lowest BCUT2D eigenvalue weighted by Crippen LogP contribution is -2.43. The van der Waals surface area contributed by atoms with E-state index in [9.17, 15) is 4.79 Å². The van der Waals surface area contributed by atoms with E-state index >= 15 is 0 Å². The minimum atomic E-state index is -0.182. The zero-order chi connectivity index (χ0) is 13.4. The number of urea groups is 1. The van der Waals surface area contributed by atoms with Gasteiger partial charge < -0.3 is 15.7 Å². The summed E-state index contributed by atoms with van der Waals surface area (Å²) in [4.78, 5) is 11.6. The Morgan fingerprint density at radius 1 is 1.28 bits per heavy atom. The molecule has 4 nitrogen and oxygen atoms in total. The van der Waals surface area contributed by atoms with E-state index in [0.29, 0.717) is 13.0 Å². The van der Waals surface area contributed by atoms with Gasteiger partial charge in [0, 0.05) is 25.1 Å². The maximum absolute atomic E-state index is 11.6. The first-order valence-corrected chi connectivity index (χ1v) is 6.35. The third kappa shape index (κ3) is 4.75. The summed E-state index contributed by atoms with van der Waals surface area (Å²) in [5.41, 5.74) is 1.21. The van der Waals surface area contributed by atoms with Crippen LogP contribution in [0, 0.1) is 0 Å². The SMILES string of the molecule is CC(NC(=O)NCCCO)C(C)c1ccccc1. The molecule has 18 heavy (non-hydrogen) atoms. The molecule has 0 fully saturated rings. The molecule has 0 aliphatic heterocycles. The predicted octanol–water partition coefficient (Wildman–Crippen LogP) is 1.86. The first-order valence-electron chi connectivity index (χ1n) is 6.35. The van der Waals surface area contributed by atoms with E-state index in [1.165, 1.54) is 5.56 Å². The molecule has 2 amide bonds. The highest BCUT2D eigenvalue weighted by molar-refractivity contribution is 5.74. The monoisotopic (exact) mass is 250 g/mol. The molecule has 2 unspecified atom stereocenters. The van der Waals surface area contributed by atoms with E-state index in [2.05, 4.69) is 29.7 Å². The number of carbonyl (C=O) groups excluding carboxylic acids is 1. The molecule has 0 heterocycles. The van der Waals surface area contributed by atoms with E-state index < -0.39 is 0 Å². The topological polar surface area (TPSA) is 61.4 Å². The summed E-state index contributed by atoms with van der Waals surface area (Å²) in [5.74, 6) is 0.259. The summed E-state index contributed by atoms with van der Waals surface area (Å²) < 4.78 is 0. The number of nitrogens with one attached hydrogen (secondary N) is 2. The Balaban J connectivity index is 2.40. The summed E-state index contributed by atoms with van der Waals surface area (Å²) in [5, 5.41) is 14.2. The molecule has 0 bridgehead atoms. The fraction of sp³-hybridized carbons (Fsp3) is 0.500. The van der Waals surface area contributed by atoms with Crippen LogP contribution in [0.25, 0.3) is 0 Å². The van der Waals surface area contributed by atoms with Gasteiger partial charge in [0.1, 0.15) is 0 Å². The molecule has 0 aliphatic carbocycles. The maximum atomic E-state index is 11.6. The predicted molar refractivity (Wildman–Crippen MR) is 72.6 cm³/mol. The minimum Gasteiger partial charge on any atom is -0.396 e. The van der Waals surface area contributed by atoms with Crippen molar-refractivity contribution in [2.45, 2.75) is 32.2 Å². The van der Waals surface area contributed by atoms with Crippen LogP contribution in [0.1, 0.15) is 31.7 Å². The van der Waals surface area contributed by atoms with Gasteiger partial charge in [-0.05, 0) is 18.9 Å². The van der Waals surface area contributed by atoms with Gasteiger partial charge in [-0.2, -0.15) is 0 Å². The zero-order valence-corrected chi connectivity index (χ0v) is 11.0. The van der Waals surface area contributed by atoms with E-state index in [0.717, 1.165) is 0 Å². The van der Waals surface area contributed by atoms with E-state index in [1.807, 2.05) is 25.1 Å². The van der Waals surface area contributed by atoms with Crippen LogP contribution in [0.4, 0.5) is 4.79 Å². The van der Waals surface area contributed by atoms with E-state index in [4.69, 9.17) is 5.11 Å². The van der Waals surface area contributed by atoms with Crippen LogP contribution in [0.3, 0.4) is 0 Å². The molecule has 1 rings (SSSR count). The molecule has 0 saturated heterocycles. The normalized spacial score (nSPS) is 13.7. The van der Waals surface area contributed by atoms with Crippen LogP contribution >= 0.6 is 0 Å². The number of benzene rings is 1. The largest absolute Gasteiger partial charge is 0.396 e. The van der Waals surface area contributed by atoms with Crippen LogP contribution in [0.5, 0.6) is 0 Å². The first-order chi connectivity index (χ1) is 8.65. The average Bonchev–Trinajstić information content (AvgIpc) is 2.39. The van der Waals surface area contributed by atoms with Gasteiger partial charge in [-0.3, -0.25) is 0 Å². The Hall–Kier alpha value is -1.55. The Morgan fingerprint density at radius 2 is 1.94 bits per heavy atom.